The lowest BCUT2D eigenvalue weighted by Crippen LogP contribution is -2.33. The van der Waals surface area contributed by atoms with Crippen molar-refractivity contribution in [3.8, 4) is 0 Å². The van der Waals surface area contributed by atoms with Crippen molar-refractivity contribution >= 4 is 33.1 Å². The van der Waals surface area contributed by atoms with Crippen LogP contribution in [0.3, 0.4) is 0 Å². The number of anilines is 1. The number of piperidine rings is 1. The van der Waals surface area contributed by atoms with Gasteiger partial charge >= 0.3 is 0 Å². The normalized spacial score (nSPS) is 16.2. The van der Waals surface area contributed by atoms with Crippen molar-refractivity contribution in [1.82, 2.24) is 19.0 Å². The molecular weight excluding hydrogens is 318 g/mol. The van der Waals surface area contributed by atoms with Crippen LogP contribution in [0.5, 0.6) is 0 Å². The first-order valence-electron chi connectivity index (χ1n) is 8.29. The van der Waals surface area contributed by atoms with Crippen molar-refractivity contribution in [2.45, 2.75) is 18.8 Å². The quantitative estimate of drug-likeness (QED) is 0.560. The Labute approximate surface area is 143 Å². The lowest BCUT2D eigenvalue weighted by atomic mass is 9.96. The van der Waals surface area contributed by atoms with Gasteiger partial charge in [0.2, 0.25) is 0 Å². The molecule has 0 N–H and O–H groups in total. The highest BCUT2D eigenvalue weighted by Gasteiger charge is 2.26. The number of pyridine rings is 1. The van der Waals surface area contributed by atoms with Crippen LogP contribution in [-0.4, -0.2) is 32.1 Å². The van der Waals surface area contributed by atoms with Gasteiger partial charge in [0.15, 0.2) is 5.65 Å². The predicted octanol–water partition coefficient (Wildman–Crippen LogP) is 3.72. The molecule has 3 aromatic heterocycles. The van der Waals surface area contributed by atoms with E-state index < -0.39 is 0 Å². The fraction of sp³-hybridized carbons (Fsp3) is 0.278. The van der Waals surface area contributed by atoms with E-state index in [1.54, 1.807) is 11.5 Å². The van der Waals surface area contributed by atoms with E-state index in [4.69, 9.17) is 0 Å². The van der Waals surface area contributed by atoms with Gasteiger partial charge in [-0.25, -0.2) is 0 Å². The number of rotatable bonds is 2. The Balaban J connectivity index is 1.39. The summed E-state index contributed by atoms with van der Waals surface area (Å²) in [5.41, 5.74) is 2.03. The van der Waals surface area contributed by atoms with Gasteiger partial charge in [0.1, 0.15) is 10.8 Å². The number of fused-ring (bicyclic) bond motifs is 2. The minimum Gasteiger partial charge on any atom is -0.362 e. The molecular formula is C18H17N5S. The maximum atomic E-state index is 4.58. The summed E-state index contributed by atoms with van der Waals surface area (Å²) in [6.07, 6.45) is 4.26. The molecule has 1 aliphatic rings. The summed E-state index contributed by atoms with van der Waals surface area (Å²) in [7, 11) is 0. The van der Waals surface area contributed by atoms with Crippen LogP contribution in [0.4, 0.5) is 5.00 Å². The van der Waals surface area contributed by atoms with E-state index in [-0.39, 0.29) is 0 Å². The SMILES string of the molecule is c1ccc2c(N3CCC(c4nnc5ccccn45)CC3)snc2c1. The maximum Gasteiger partial charge on any atom is 0.160 e. The van der Waals surface area contributed by atoms with Crippen molar-refractivity contribution < 1.29 is 0 Å². The summed E-state index contributed by atoms with van der Waals surface area (Å²) in [4.78, 5) is 2.47. The monoisotopic (exact) mass is 335 g/mol. The first-order chi connectivity index (χ1) is 11.9. The summed E-state index contributed by atoms with van der Waals surface area (Å²) in [5.74, 6) is 1.57. The largest absolute Gasteiger partial charge is 0.362 e. The van der Waals surface area contributed by atoms with Gasteiger partial charge in [0, 0.05) is 30.6 Å². The summed E-state index contributed by atoms with van der Waals surface area (Å²) in [5, 5.41) is 11.3. The molecule has 120 valence electrons. The molecule has 0 aliphatic carbocycles. The topological polar surface area (TPSA) is 46.3 Å². The molecule has 0 unspecified atom stereocenters. The highest BCUT2D eigenvalue weighted by atomic mass is 32.1. The van der Waals surface area contributed by atoms with Gasteiger partial charge in [0.05, 0.1) is 5.52 Å². The molecule has 5 rings (SSSR count). The highest BCUT2D eigenvalue weighted by Crippen LogP contribution is 2.35. The molecule has 1 fully saturated rings. The minimum atomic E-state index is 0.470. The average molecular weight is 335 g/mol. The van der Waals surface area contributed by atoms with Gasteiger partial charge in [-0.1, -0.05) is 18.2 Å². The van der Waals surface area contributed by atoms with Gasteiger partial charge in [-0.3, -0.25) is 4.40 Å². The van der Waals surface area contributed by atoms with Gasteiger partial charge < -0.3 is 4.90 Å². The number of nitrogens with zero attached hydrogens (tertiary/aromatic N) is 5. The number of benzene rings is 1. The van der Waals surface area contributed by atoms with Crippen molar-refractivity contribution in [1.29, 1.82) is 0 Å². The third kappa shape index (κ3) is 2.17. The van der Waals surface area contributed by atoms with Crippen molar-refractivity contribution in [3.63, 3.8) is 0 Å². The molecule has 0 radical (unpaired) electrons. The molecule has 5 nitrogen and oxygen atoms in total. The minimum absolute atomic E-state index is 0.470. The Kier molecular flexibility index (Phi) is 3.23. The van der Waals surface area contributed by atoms with E-state index >= 15 is 0 Å². The smallest absolute Gasteiger partial charge is 0.160 e. The molecule has 4 aromatic rings. The third-order valence-electron chi connectivity index (χ3n) is 4.85. The summed E-state index contributed by atoms with van der Waals surface area (Å²) >= 11 is 1.61. The molecule has 4 heterocycles. The van der Waals surface area contributed by atoms with E-state index in [1.165, 1.54) is 10.4 Å². The lowest BCUT2D eigenvalue weighted by Gasteiger charge is -2.31. The molecule has 0 spiro atoms. The van der Waals surface area contributed by atoms with Gasteiger partial charge in [-0.05, 0) is 48.6 Å². The van der Waals surface area contributed by atoms with E-state index in [9.17, 15) is 0 Å². The van der Waals surface area contributed by atoms with E-state index in [1.807, 2.05) is 18.2 Å². The lowest BCUT2D eigenvalue weighted by molar-refractivity contribution is 0.485. The van der Waals surface area contributed by atoms with Crippen molar-refractivity contribution in [3.05, 3.63) is 54.5 Å². The Morgan fingerprint density at radius 2 is 1.79 bits per heavy atom. The fourth-order valence-corrected chi connectivity index (χ4v) is 4.50. The molecule has 1 saturated heterocycles. The molecule has 0 atom stereocenters. The van der Waals surface area contributed by atoms with Gasteiger partial charge in [0.25, 0.3) is 0 Å². The second-order valence-electron chi connectivity index (χ2n) is 6.25. The number of hydrogen-bond donors (Lipinski definition) is 0. The second-order valence-corrected chi connectivity index (χ2v) is 7.01. The first-order valence-corrected chi connectivity index (χ1v) is 9.06. The Hall–Kier alpha value is -2.47. The third-order valence-corrected chi connectivity index (χ3v) is 5.79. The average Bonchev–Trinajstić information content (AvgIpc) is 3.26. The van der Waals surface area contributed by atoms with E-state index in [0.717, 1.165) is 42.9 Å². The zero-order valence-electron chi connectivity index (χ0n) is 13.2. The molecule has 24 heavy (non-hydrogen) atoms. The number of aromatic nitrogens is 4. The Morgan fingerprint density at radius 3 is 2.71 bits per heavy atom. The Bertz CT molecular complexity index is 915. The van der Waals surface area contributed by atoms with Crippen LogP contribution in [0.2, 0.25) is 0 Å². The van der Waals surface area contributed by atoms with Crippen molar-refractivity contribution in [2.75, 3.05) is 18.0 Å². The summed E-state index contributed by atoms with van der Waals surface area (Å²) < 4.78 is 6.70. The highest BCUT2D eigenvalue weighted by molar-refractivity contribution is 7.11. The molecule has 1 aliphatic heterocycles. The standard InChI is InChI=1S/C18H17N5S/c1-2-6-15-14(5-1)18(24-21-15)22-11-8-13(9-12-22)17-20-19-16-7-3-4-10-23(16)17/h1-7,10,13H,8-9,11-12H2. The fourth-order valence-electron chi connectivity index (χ4n) is 3.58. The zero-order chi connectivity index (χ0) is 15.9. The van der Waals surface area contributed by atoms with Crippen LogP contribution in [-0.2, 0) is 0 Å². The van der Waals surface area contributed by atoms with Crippen LogP contribution < -0.4 is 4.90 Å². The van der Waals surface area contributed by atoms with E-state index in [0.29, 0.717) is 5.92 Å². The molecule has 0 bridgehead atoms. The summed E-state index contributed by atoms with van der Waals surface area (Å²) in [6, 6.07) is 14.5. The maximum absolute atomic E-state index is 4.58. The van der Waals surface area contributed by atoms with Crippen LogP contribution in [0.25, 0.3) is 16.6 Å². The van der Waals surface area contributed by atoms with Crippen LogP contribution in [0.1, 0.15) is 24.6 Å². The van der Waals surface area contributed by atoms with Gasteiger partial charge in [-0.15, -0.1) is 10.2 Å². The van der Waals surface area contributed by atoms with Gasteiger partial charge in [-0.2, -0.15) is 4.37 Å². The Morgan fingerprint density at radius 1 is 0.958 bits per heavy atom. The molecule has 1 aromatic carbocycles. The van der Waals surface area contributed by atoms with Crippen molar-refractivity contribution in [2.24, 2.45) is 0 Å². The molecule has 6 heteroatoms. The van der Waals surface area contributed by atoms with Crippen LogP contribution in [0, 0.1) is 0 Å². The van der Waals surface area contributed by atoms with Crippen LogP contribution >= 0.6 is 11.5 Å². The van der Waals surface area contributed by atoms with E-state index in [2.05, 4.69) is 54.3 Å². The summed E-state index contributed by atoms with van der Waals surface area (Å²) in [6.45, 7) is 2.08. The number of hydrogen-bond acceptors (Lipinski definition) is 5. The second kappa shape index (κ2) is 5.56. The molecule has 0 saturated carbocycles. The molecule has 0 amide bonds. The van der Waals surface area contributed by atoms with Crippen LogP contribution in [0.15, 0.2) is 48.7 Å². The zero-order valence-corrected chi connectivity index (χ0v) is 14.0. The first kappa shape index (κ1) is 13.9. The predicted molar refractivity (Wildman–Crippen MR) is 96.8 cm³/mol.